The molecule has 0 aromatic heterocycles. The van der Waals surface area contributed by atoms with E-state index in [4.69, 9.17) is 0 Å². The van der Waals surface area contributed by atoms with Crippen molar-refractivity contribution in [3.05, 3.63) is 76.9 Å². The molecule has 2 fully saturated rings. The van der Waals surface area contributed by atoms with E-state index in [1.807, 2.05) is 18.2 Å². The molecule has 0 atom stereocenters. The summed E-state index contributed by atoms with van der Waals surface area (Å²) in [4.78, 5) is 12.5. The van der Waals surface area contributed by atoms with Crippen LogP contribution in [0.3, 0.4) is 0 Å². The van der Waals surface area contributed by atoms with Crippen molar-refractivity contribution in [3.8, 4) is 0 Å². The number of hydrogen-bond acceptors (Lipinski definition) is 1. The smallest absolute Gasteiger partial charge is 0.185 e. The number of carbonyl (C=O) groups excluding carboxylic acids is 1. The highest BCUT2D eigenvalue weighted by Crippen LogP contribution is 2.34. The maximum Gasteiger partial charge on any atom is 0.185 e. The number of ketones is 1. The molecule has 27 heavy (non-hydrogen) atoms. The van der Waals surface area contributed by atoms with Crippen molar-refractivity contribution in [2.45, 2.75) is 69.6 Å². The molecule has 0 radical (unpaired) electrons. The van der Waals surface area contributed by atoms with E-state index in [0.717, 1.165) is 17.0 Å². The van der Waals surface area contributed by atoms with Gasteiger partial charge in [-0.2, -0.15) is 0 Å². The minimum atomic E-state index is 0.0873. The number of hydrogen-bond donors (Lipinski definition) is 0. The third kappa shape index (κ3) is 4.58. The Balaban J connectivity index is 1.37. The highest BCUT2D eigenvalue weighted by atomic mass is 16.1. The van der Waals surface area contributed by atoms with E-state index in [-0.39, 0.29) is 5.78 Å². The van der Waals surface area contributed by atoms with Gasteiger partial charge in [0.25, 0.3) is 0 Å². The molecule has 1 heteroatoms. The van der Waals surface area contributed by atoms with Gasteiger partial charge in [0, 0.05) is 5.56 Å². The molecule has 0 aliphatic heterocycles. The first-order chi connectivity index (χ1) is 13.3. The van der Waals surface area contributed by atoms with Gasteiger partial charge >= 0.3 is 0 Å². The Morgan fingerprint density at radius 2 is 1.15 bits per heavy atom. The molecule has 0 spiro atoms. The number of benzene rings is 2. The molecule has 2 saturated carbocycles. The van der Waals surface area contributed by atoms with Crippen LogP contribution in [0.1, 0.15) is 96.7 Å². The number of rotatable bonds is 5. The van der Waals surface area contributed by atoms with Crippen molar-refractivity contribution in [3.63, 3.8) is 0 Å². The highest BCUT2D eigenvalue weighted by Gasteiger charge is 2.17. The van der Waals surface area contributed by atoms with Gasteiger partial charge in [-0.3, -0.25) is 4.79 Å². The van der Waals surface area contributed by atoms with Crippen LogP contribution >= 0.6 is 0 Å². The van der Waals surface area contributed by atoms with Crippen molar-refractivity contribution in [1.82, 2.24) is 0 Å². The third-order valence-corrected chi connectivity index (χ3v) is 6.46. The molecule has 0 N–H and O–H groups in total. The van der Waals surface area contributed by atoms with E-state index in [1.54, 1.807) is 6.08 Å². The van der Waals surface area contributed by atoms with E-state index < -0.39 is 0 Å². The maximum atomic E-state index is 12.5. The van der Waals surface area contributed by atoms with Crippen LogP contribution in [0.4, 0.5) is 0 Å². The lowest BCUT2D eigenvalue weighted by atomic mass is 9.84. The quantitative estimate of drug-likeness (QED) is 0.405. The molecule has 140 valence electrons. The zero-order valence-corrected chi connectivity index (χ0v) is 16.2. The fourth-order valence-electron chi connectivity index (χ4n) is 4.76. The SMILES string of the molecule is O=C(/C=C/c1ccc(C2CCCCC2)cc1)c1ccc(C2CCCC2)cc1. The number of carbonyl (C=O) groups is 1. The first kappa shape index (κ1) is 18.2. The van der Waals surface area contributed by atoms with Gasteiger partial charge in [-0.15, -0.1) is 0 Å². The van der Waals surface area contributed by atoms with E-state index in [2.05, 4.69) is 36.4 Å². The third-order valence-electron chi connectivity index (χ3n) is 6.46. The highest BCUT2D eigenvalue weighted by molar-refractivity contribution is 6.06. The zero-order valence-electron chi connectivity index (χ0n) is 16.2. The normalized spacial score (nSPS) is 19.0. The lowest BCUT2D eigenvalue weighted by Crippen LogP contribution is -2.04. The Bertz CT molecular complexity index is 770. The molecule has 0 unspecified atom stereocenters. The van der Waals surface area contributed by atoms with Crippen molar-refractivity contribution >= 4 is 11.9 Å². The predicted octanol–water partition coefficient (Wildman–Crippen LogP) is 7.29. The van der Waals surface area contributed by atoms with Gasteiger partial charge in [-0.25, -0.2) is 0 Å². The maximum absolute atomic E-state index is 12.5. The molecule has 1 nitrogen and oxygen atoms in total. The average molecular weight is 359 g/mol. The van der Waals surface area contributed by atoms with Crippen molar-refractivity contribution in [1.29, 1.82) is 0 Å². The summed E-state index contributed by atoms with van der Waals surface area (Å²) in [5, 5.41) is 0. The summed E-state index contributed by atoms with van der Waals surface area (Å²) in [5.74, 6) is 1.52. The van der Waals surface area contributed by atoms with E-state index in [1.165, 1.54) is 68.9 Å². The fourth-order valence-corrected chi connectivity index (χ4v) is 4.76. The summed E-state index contributed by atoms with van der Waals surface area (Å²) in [7, 11) is 0. The summed E-state index contributed by atoms with van der Waals surface area (Å²) in [6, 6.07) is 17.1. The van der Waals surface area contributed by atoms with Crippen LogP contribution in [0.25, 0.3) is 6.08 Å². The lowest BCUT2D eigenvalue weighted by Gasteiger charge is -2.21. The Hall–Kier alpha value is -2.15. The molecule has 0 bridgehead atoms. The topological polar surface area (TPSA) is 17.1 Å². The summed E-state index contributed by atoms with van der Waals surface area (Å²) in [6.07, 6.45) is 15.7. The van der Waals surface area contributed by atoms with Gasteiger partial charge in [0.15, 0.2) is 5.78 Å². The monoisotopic (exact) mass is 358 g/mol. The molecule has 0 heterocycles. The van der Waals surface area contributed by atoms with Crippen LogP contribution in [-0.4, -0.2) is 5.78 Å². The van der Waals surface area contributed by atoms with Crippen LogP contribution in [0.15, 0.2) is 54.6 Å². The Kier molecular flexibility index (Phi) is 5.87. The molecular formula is C26H30O. The van der Waals surface area contributed by atoms with Gasteiger partial charge in [-0.1, -0.05) is 86.7 Å². The predicted molar refractivity (Wildman–Crippen MR) is 113 cm³/mol. The van der Waals surface area contributed by atoms with Gasteiger partial charge < -0.3 is 0 Å². The molecule has 4 rings (SSSR count). The lowest BCUT2D eigenvalue weighted by molar-refractivity contribution is 0.104. The van der Waals surface area contributed by atoms with Crippen molar-refractivity contribution in [2.75, 3.05) is 0 Å². The molecule has 2 aliphatic rings. The molecule has 0 amide bonds. The summed E-state index contributed by atoms with van der Waals surface area (Å²) < 4.78 is 0. The molecule has 2 aromatic carbocycles. The van der Waals surface area contributed by atoms with Crippen molar-refractivity contribution in [2.24, 2.45) is 0 Å². The first-order valence-corrected chi connectivity index (χ1v) is 10.7. The summed E-state index contributed by atoms with van der Waals surface area (Å²) in [6.45, 7) is 0. The van der Waals surface area contributed by atoms with Crippen molar-refractivity contribution < 1.29 is 4.79 Å². The Labute approximate surface area is 163 Å². The standard InChI is InChI=1S/C26H30O/c27-26(25-17-15-24(16-18-25)22-8-4-5-9-22)19-12-20-10-13-23(14-11-20)21-6-2-1-3-7-21/h10-19,21-22H,1-9H2/b19-12+. The second-order valence-electron chi connectivity index (χ2n) is 8.30. The minimum Gasteiger partial charge on any atom is -0.289 e. The van der Waals surface area contributed by atoms with E-state index in [0.29, 0.717) is 5.92 Å². The number of allylic oxidation sites excluding steroid dienone is 1. The largest absolute Gasteiger partial charge is 0.289 e. The molecule has 0 saturated heterocycles. The summed E-state index contributed by atoms with van der Waals surface area (Å²) in [5.41, 5.74) is 4.74. The molecule has 2 aromatic rings. The average Bonchev–Trinajstić information content (AvgIpc) is 3.28. The van der Waals surface area contributed by atoms with E-state index in [9.17, 15) is 4.79 Å². The second-order valence-corrected chi connectivity index (χ2v) is 8.30. The van der Waals surface area contributed by atoms with Gasteiger partial charge in [0.1, 0.15) is 0 Å². The van der Waals surface area contributed by atoms with Crippen LogP contribution in [0, 0.1) is 0 Å². The zero-order chi connectivity index (χ0) is 18.5. The van der Waals surface area contributed by atoms with Gasteiger partial charge in [0.05, 0.1) is 0 Å². The molecular weight excluding hydrogens is 328 g/mol. The van der Waals surface area contributed by atoms with Crippen LogP contribution in [0.5, 0.6) is 0 Å². The second kappa shape index (κ2) is 8.69. The fraction of sp³-hybridized carbons (Fsp3) is 0.423. The molecule has 2 aliphatic carbocycles. The van der Waals surface area contributed by atoms with Gasteiger partial charge in [0.2, 0.25) is 0 Å². The first-order valence-electron chi connectivity index (χ1n) is 10.7. The summed E-state index contributed by atoms with van der Waals surface area (Å²) >= 11 is 0. The van der Waals surface area contributed by atoms with Crippen LogP contribution < -0.4 is 0 Å². The Morgan fingerprint density at radius 3 is 1.70 bits per heavy atom. The minimum absolute atomic E-state index is 0.0873. The Morgan fingerprint density at radius 1 is 0.667 bits per heavy atom. The van der Waals surface area contributed by atoms with Crippen LogP contribution in [-0.2, 0) is 0 Å². The van der Waals surface area contributed by atoms with Crippen LogP contribution in [0.2, 0.25) is 0 Å². The van der Waals surface area contributed by atoms with Gasteiger partial charge in [-0.05, 0) is 60.3 Å². The van der Waals surface area contributed by atoms with E-state index >= 15 is 0 Å².